The van der Waals surface area contributed by atoms with Crippen LogP contribution in [0.15, 0.2) is 21.3 Å². The Morgan fingerprint density at radius 3 is 2.74 bits per heavy atom. The van der Waals surface area contributed by atoms with Gasteiger partial charge in [-0.05, 0) is 35.8 Å². The Hall–Kier alpha value is -0.720. The average Bonchev–Trinajstić information content (AvgIpc) is 2.96. The van der Waals surface area contributed by atoms with Crippen LogP contribution in [-0.4, -0.2) is 28.9 Å². The topological polar surface area (TPSA) is 33.2 Å². The summed E-state index contributed by atoms with van der Waals surface area (Å²) in [5, 5.41) is 4.98. The van der Waals surface area contributed by atoms with E-state index in [2.05, 4.69) is 27.0 Å². The van der Waals surface area contributed by atoms with Crippen LogP contribution in [0.25, 0.3) is 9.88 Å². The lowest BCUT2D eigenvalue weighted by Gasteiger charge is -2.20. The van der Waals surface area contributed by atoms with Crippen molar-refractivity contribution in [3.63, 3.8) is 0 Å². The summed E-state index contributed by atoms with van der Waals surface area (Å²) in [7, 11) is 1.83. The molecule has 0 saturated heterocycles. The van der Waals surface area contributed by atoms with Gasteiger partial charge in [-0.25, -0.2) is 4.98 Å². The van der Waals surface area contributed by atoms with Crippen molar-refractivity contribution in [2.24, 2.45) is 0 Å². The van der Waals surface area contributed by atoms with E-state index in [1.165, 1.54) is 0 Å². The van der Waals surface area contributed by atoms with Gasteiger partial charge in [0.1, 0.15) is 5.01 Å². The fourth-order valence-corrected chi connectivity index (χ4v) is 3.82. The van der Waals surface area contributed by atoms with Crippen molar-refractivity contribution < 1.29 is 4.79 Å². The van der Waals surface area contributed by atoms with Crippen molar-refractivity contribution in [1.29, 1.82) is 0 Å². The van der Waals surface area contributed by atoms with Crippen molar-refractivity contribution in [1.82, 2.24) is 9.88 Å². The van der Waals surface area contributed by atoms with Crippen LogP contribution < -0.4 is 0 Å². The normalized spacial score (nSPS) is 11.0. The van der Waals surface area contributed by atoms with Gasteiger partial charge in [0.25, 0.3) is 0 Å². The molecule has 0 saturated carbocycles. The third kappa shape index (κ3) is 3.64. The number of halogens is 1. The molecule has 0 unspecified atom stereocenters. The number of thiazole rings is 1. The Labute approximate surface area is 129 Å². The Morgan fingerprint density at radius 2 is 2.16 bits per heavy atom. The molecule has 0 aliphatic rings. The van der Waals surface area contributed by atoms with E-state index in [4.69, 9.17) is 0 Å². The van der Waals surface area contributed by atoms with Crippen LogP contribution in [0.4, 0.5) is 0 Å². The lowest BCUT2D eigenvalue weighted by Crippen LogP contribution is -2.34. The summed E-state index contributed by atoms with van der Waals surface area (Å²) in [4.78, 5) is 19.4. The summed E-state index contributed by atoms with van der Waals surface area (Å²) in [6.45, 7) is 4.01. The number of nitrogens with zero attached hydrogens (tertiary/aromatic N) is 2. The zero-order valence-electron chi connectivity index (χ0n) is 11.0. The average molecular weight is 359 g/mol. The molecule has 2 aromatic rings. The molecule has 0 aliphatic heterocycles. The maximum absolute atomic E-state index is 12.0. The maximum Gasteiger partial charge on any atom is 0.228 e. The molecule has 0 radical (unpaired) electrons. The molecule has 19 heavy (non-hydrogen) atoms. The molecule has 2 heterocycles. The molecule has 0 spiro atoms. The molecule has 0 aromatic carbocycles. The van der Waals surface area contributed by atoms with Gasteiger partial charge in [0.15, 0.2) is 0 Å². The van der Waals surface area contributed by atoms with E-state index < -0.39 is 0 Å². The van der Waals surface area contributed by atoms with E-state index in [0.717, 1.165) is 20.1 Å². The maximum atomic E-state index is 12.0. The number of thiophene rings is 1. The zero-order chi connectivity index (χ0) is 14.0. The van der Waals surface area contributed by atoms with Crippen molar-refractivity contribution >= 4 is 44.5 Å². The van der Waals surface area contributed by atoms with Gasteiger partial charge < -0.3 is 4.90 Å². The molecule has 0 atom stereocenters. The van der Waals surface area contributed by atoms with E-state index in [0.29, 0.717) is 6.42 Å². The van der Waals surface area contributed by atoms with E-state index in [9.17, 15) is 4.79 Å². The highest BCUT2D eigenvalue weighted by Crippen LogP contribution is 2.32. The van der Waals surface area contributed by atoms with Crippen molar-refractivity contribution in [3.8, 4) is 9.88 Å². The first kappa shape index (κ1) is 14.7. The summed E-state index contributed by atoms with van der Waals surface area (Å²) >= 11 is 6.68. The molecule has 102 valence electrons. The minimum Gasteiger partial charge on any atom is -0.343 e. The summed E-state index contributed by atoms with van der Waals surface area (Å²) in [5.41, 5.74) is 0.849. The molecular weight excluding hydrogens is 344 g/mol. The fraction of sp³-hybridized carbons (Fsp3) is 0.385. The number of carbonyl (C=O) groups excluding carboxylic acids is 1. The largest absolute Gasteiger partial charge is 0.343 e. The number of amides is 1. The monoisotopic (exact) mass is 358 g/mol. The Morgan fingerprint density at radius 1 is 1.42 bits per heavy atom. The second kappa shape index (κ2) is 6.15. The lowest BCUT2D eigenvalue weighted by atomic mass is 10.2. The number of likely N-dealkylation sites (N-methyl/N-ethyl adjacent to an activating group) is 1. The van der Waals surface area contributed by atoms with Gasteiger partial charge in [-0.2, -0.15) is 0 Å². The summed E-state index contributed by atoms with van der Waals surface area (Å²) < 4.78 is 1.07. The standard InChI is InChI=1S/C13H15BrN2OS2/c1-8(2)16(3)12(17)5-10-7-19-13(15-10)11-4-9(14)6-18-11/h4,6-8H,5H2,1-3H3. The van der Waals surface area contributed by atoms with Crippen LogP contribution in [0.2, 0.25) is 0 Å². The highest BCUT2D eigenvalue weighted by Gasteiger charge is 2.15. The smallest absolute Gasteiger partial charge is 0.228 e. The molecule has 2 aromatic heterocycles. The van der Waals surface area contributed by atoms with Crippen molar-refractivity contribution in [2.75, 3.05) is 7.05 Å². The van der Waals surface area contributed by atoms with E-state index >= 15 is 0 Å². The molecule has 3 nitrogen and oxygen atoms in total. The SMILES string of the molecule is CC(C)N(C)C(=O)Cc1csc(-c2cc(Br)cs2)n1. The molecule has 6 heteroatoms. The van der Waals surface area contributed by atoms with Gasteiger partial charge in [0, 0.05) is 28.3 Å². The van der Waals surface area contributed by atoms with Crippen LogP contribution in [0.5, 0.6) is 0 Å². The van der Waals surface area contributed by atoms with Gasteiger partial charge in [-0.1, -0.05) is 0 Å². The summed E-state index contributed by atoms with van der Waals surface area (Å²) in [6, 6.07) is 2.27. The highest BCUT2D eigenvalue weighted by molar-refractivity contribution is 9.10. The molecule has 0 aliphatic carbocycles. The van der Waals surface area contributed by atoms with Crippen LogP contribution in [0, 0.1) is 0 Å². The number of carbonyl (C=O) groups is 1. The molecule has 2 rings (SSSR count). The van der Waals surface area contributed by atoms with E-state index in [1.54, 1.807) is 27.6 Å². The third-order valence-corrected chi connectivity index (χ3v) is 5.58. The van der Waals surface area contributed by atoms with Gasteiger partial charge in [-0.15, -0.1) is 22.7 Å². The summed E-state index contributed by atoms with van der Waals surface area (Å²) in [6.07, 6.45) is 0.373. The van der Waals surface area contributed by atoms with Crippen LogP contribution in [-0.2, 0) is 11.2 Å². The van der Waals surface area contributed by atoms with Crippen LogP contribution in [0.3, 0.4) is 0 Å². The fourth-order valence-electron chi connectivity index (χ4n) is 1.49. The number of hydrogen-bond acceptors (Lipinski definition) is 4. The Bertz CT molecular complexity index is 577. The number of hydrogen-bond donors (Lipinski definition) is 0. The molecular formula is C13H15BrN2OS2. The lowest BCUT2D eigenvalue weighted by molar-refractivity contribution is -0.130. The third-order valence-electron chi connectivity index (χ3n) is 2.83. The van der Waals surface area contributed by atoms with E-state index in [-0.39, 0.29) is 11.9 Å². The first-order valence-corrected chi connectivity index (χ1v) is 8.47. The zero-order valence-corrected chi connectivity index (χ0v) is 14.2. The molecule has 0 bridgehead atoms. The van der Waals surface area contributed by atoms with Gasteiger partial charge in [0.05, 0.1) is 17.0 Å². The van der Waals surface area contributed by atoms with Crippen molar-refractivity contribution in [2.45, 2.75) is 26.3 Å². The van der Waals surface area contributed by atoms with Crippen molar-refractivity contribution in [3.05, 3.63) is 27.0 Å². The van der Waals surface area contributed by atoms with Gasteiger partial charge in [-0.3, -0.25) is 4.79 Å². The predicted octanol–water partition coefficient (Wildman–Crippen LogP) is 4.04. The van der Waals surface area contributed by atoms with Gasteiger partial charge in [0.2, 0.25) is 5.91 Å². The number of rotatable bonds is 4. The molecule has 0 N–H and O–H groups in total. The molecule has 0 fully saturated rings. The number of aromatic nitrogens is 1. The molecule has 1 amide bonds. The summed E-state index contributed by atoms with van der Waals surface area (Å²) in [5.74, 6) is 0.110. The first-order chi connectivity index (χ1) is 8.97. The minimum absolute atomic E-state index is 0.110. The van der Waals surface area contributed by atoms with Gasteiger partial charge >= 0.3 is 0 Å². The second-order valence-corrected chi connectivity index (χ2v) is 7.23. The van der Waals surface area contributed by atoms with Crippen LogP contribution in [0.1, 0.15) is 19.5 Å². The van der Waals surface area contributed by atoms with E-state index in [1.807, 2.05) is 31.7 Å². The quantitative estimate of drug-likeness (QED) is 0.825. The predicted molar refractivity (Wildman–Crippen MR) is 84.7 cm³/mol. The van der Waals surface area contributed by atoms with Crippen LogP contribution >= 0.6 is 38.6 Å². The highest BCUT2D eigenvalue weighted by atomic mass is 79.9. The Balaban J connectivity index is 2.08. The minimum atomic E-state index is 0.110. The first-order valence-electron chi connectivity index (χ1n) is 5.92. The second-order valence-electron chi connectivity index (χ2n) is 4.55. The Kier molecular flexibility index (Phi) is 4.76.